The van der Waals surface area contributed by atoms with Crippen molar-refractivity contribution in [3.8, 4) is 0 Å². The lowest BCUT2D eigenvalue weighted by Gasteiger charge is -2.14. The quantitative estimate of drug-likeness (QED) is 0.419. The predicted molar refractivity (Wildman–Crippen MR) is 36.5 cm³/mol. The molecule has 0 heteroatoms. The molecule has 1 rings (SSSR count). The van der Waals surface area contributed by atoms with Gasteiger partial charge in [-0.15, -0.1) is 0 Å². The maximum absolute atomic E-state index is 3.99. The van der Waals surface area contributed by atoms with Gasteiger partial charge >= 0.3 is 0 Å². The lowest BCUT2D eigenvalue weighted by Crippen LogP contribution is -1.99. The van der Waals surface area contributed by atoms with Crippen LogP contribution < -0.4 is 0 Å². The van der Waals surface area contributed by atoms with Crippen molar-refractivity contribution in [2.75, 3.05) is 0 Å². The minimum atomic E-state index is 0.693. The Hall–Kier alpha value is -0.260. The topological polar surface area (TPSA) is 0 Å². The summed E-state index contributed by atoms with van der Waals surface area (Å²) in [6.45, 7) is 6.19. The van der Waals surface area contributed by atoms with Gasteiger partial charge in [-0.3, -0.25) is 0 Å². The van der Waals surface area contributed by atoms with Gasteiger partial charge in [-0.05, 0) is 39.0 Å². The molecule has 8 heavy (non-hydrogen) atoms. The molecule has 1 aliphatic carbocycles. The van der Waals surface area contributed by atoms with Crippen molar-refractivity contribution in [1.82, 2.24) is 0 Å². The van der Waals surface area contributed by atoms with E-state index in [-0.39, 0.29) is 0 Å². The van der Waals surface area contributed by atoms with Crippen LogP contribution in [0.15, 0.2) is 11.6 Å². The van der Waals surface area contributed by atoms with Crippen LogP contribution in [-0.4, -0.2) is 0 Å². The van der Waals surface area contributed by atoms with E-state index in [0.717, 1.165) is 0 Å². The molecule has 0 saturated carbocycles. The molecule has 0 aromatic carbocycles. The van der Waals surface area contributed by atoms with E-state index in [4.69, 9.17) is 0 Å². The minimum Gasteiger partial charge on any atom is -0.0853 e. The summed E-state index contributed by atoms with van der Waals surface area (Å²) in [4.78, 5) is 0. The number of hydrogen-bond donors (Lipinski definition) is 0. The fraction of sp³-hybridized carbons (Fsp3) is 0.625. The molecule has 0 fully saturated rings. The first-order valence-corrected chi connectivity index (χ1v) is 3.28. The zero-order chi connectivity index (χ0) is 5.98. The van der Waals surface area contributed by atoms with E-state index in [2.05, 4.69) is 19.9 Å². The molecule has 45 valence electrons. The summed E-state index contributed by atoms with van der Waals surface area (Å²) in [5.74, 6) is 0.693. The molecule has 0 amide bonds. The van der Waals surface area contributed by atoms with Crippen LogP contribution in [0.3, 0.4) is 0 Å². The Morgan fingerprint density at radius 1 is 1.75 bits per heavy atom. The largest absolute Gasteiger partial charge is 0.0853 e. The molecule has 0 aliphatic heterocycles. The molecule has 0 N–H and O–H groups in total. The second kappa shape index (κ2) is 2.34. The Morgan fingerprint density at radius 2 is 2.50 bits per heavy atom. The summed E-state index contributed by atoms with van der Waals surface area (Å²) >= 11 is 0. The monoisotopic (exact) mass is 109 g/mol. The summed E-state index contributed by atoms with van der Waals surface area (Å²) in [6.07, 6.45) is 6.07. The summed E-state index contributed by atoms with van der Waals surface area (Å²) < 4.78 is 0. The molecule has 1 atom stereocenters. The standard InChI is InChI=1S/C8H13/c1-7-3-5-8(2)6-4-7/h5,7H,1,3-4,6H2,2H3. The van der Waals surface area contributed by atoms with Crippen LogP contribution in [-0.2, 0) is 0 Å². The van der Waals surface area contributed by atoms with Crippen molar-refractivity contribution in [3.63, 3.8) is 0 Å². The molecule has 1 unspecified atom stereocenters. The highest BCUT2D eigenvalue weighted by molar-refractivity contribution is 5.03. The van der Waals surface area contributed by atoms with Gasteiger partial charge in [-0.25, -0.2) is 0 Å². The van der Waals surface area contributed by atoms with E-state index >= 15 is 0 Å². The zero-order valence-electron chi connectivity index (χ0n) is 5.48. The summed E-state index contributed by atoms with van der Waals surface area (Å²) in [5, 5.41) is 0. The van der Waals surface area contributed by atoms with Crippen LogP contribution >= 0.6 is 0 Å². The Kier molecular flexibility index (Phi) is 1.72. The maximum Gasteiger partial charge on any atom is -0.0320 e. The molecule has 0 saturated heterocycles. The van der Waals surface area contributed by atoms with E-state index in [1.807, 2.05) is 0 Å². The Balaban J connectivity index is 2.42. The highest BCUT2D eigenvalue weighted by Gasteiger charge is 2.05. The van der Waals surface area contributed by atoms with Crippen molar-refractivity contribution >= 4 is 0 Å². The van der Waals surface area contributed by atoms with Gasteiger partial charge in [-0.2, -0.15) is 0 Å². The molecule has 0 heterocycles. The normalized spacial score (nSPS) is 29.8. The molecule has 0 nitrogen and oxygen atoms in total. The van der Waals surface area contributed by atoms with E-state index in [0.29, 0.717) is 5.92 Å². The summed E-state index contributed by atoms with van der Waals surface area (Å²) in [6, 6.07) is 0. The highest BCUT2D eigenvalue weighted by Crippen LogP contribution is 2.21. The third-order valence-corrected chi connectivity index (χ3v) is 1.75. The van der Waals surface area contributed by atoms with Gasteiger partial charge in [0.25, 0.3) is 0 Å². The van der Waals surface area contributed by atoms with Crippen LogP contribution in [0.25, 0.3) is 0 Å². The lowest BCUT2D eigenvalue weighted by molar-refractivity contribution is 0.564. The molecule has 0 aromatic heterocycles. The van der Waals surface area contributed by atoms with Crippen molar-refractivity contribution in [2.45, 2.75) is 26.2 Å². The zero-order valence-corrected chi connectivity index (χ0v) is 5.48. The fourth-order valence-electron chi connectivity index (χ4n) is 1.02. The van der Waals surface area contributed by atoms with E-state index in [1.165, 1.54) is 19.3 Å². The maximum atomic E-state index is 3.99. The molecular formula is C8H13. The third kappa shape index (κ3) is 1.36. The minimum absolute atomic E-state index is 0.693. The molecule has 0 bridgehead atoms. The lowest BCUT2D eigenvalue weighted by atomic mass is 9.92. The Labute approximate surface area is 51.6 Å². The molecular weight excluding hydrogens is 96.1 g/mol. The van der Waals surface area contributed by atoms with Gasteiger partial charge in [0.05, 0.1) is 0 Å². The number of allylic oxidation sites excluding steroid dienone is 2. The van der Waals surface area contributed by atoms with E-state index in [9.17, 15) is 0 Å². The first-order chi connectivity index (χ1) is 3.79. The third-order valence-electron chi connectivity index (χ3n) is 1.75. The number of rotatable bonds is 0. The van der Waals surface area contributed by atoms with Gasteiger partial charge in [0.2, 0.25) is 0 Å². The van der Waals surface area contributed by atoms with Gasteiger partial charge in [0.15, 0.2) is 0 Å². The fourth-order valence-corrected chi connectivity index (χ4v) is 1.02. The van der Waals surface area contributed by atoms with Crippen molar-refractivity contribution in [1.29, 1.82) is 0 Å². The second-order valence-electron chi connectivity index (χ2n) is 2.69. The predicted octanol–water partition coefficient (Wildman–Crippen LogP) is 2.57. The van der Waals surface area contributed by atoms with Gasteiger partial charge < -0.3 is 0 Å². The number of hydrogen-bond acceptors (Lipinski definition) is 0. The first-order valence-electron chi connectivity index (χ1n) is 3.28. The highest BCUT2D eigenvalue weighted by atomic mass is 14.1. The van der Waals surface area contributed by atoms with Crippen LogP contribution in [0, 0.1) is 12.8 Å². The van der Waals surface area contributed by atoms with Gasteiger partial charge in [0.1, 0.15) is 0 Å². The molecule has 0 spiro atoms. The Morgan fingerprint density at radius 3 is 2.88 bits per heavy atom. The van der Waals surface area contributed by atoms with Crippen LogP contribution in [0.2, 0.25) is 0 Å². The summed E-state index contributed by atoms with van der Waals surface area (Å²) in [7, 11) is 0. The van der Waals surface area contributed by atoms with Gasteiger partial charge in [0, 0.05) is 0 Å². The van der Waals surface area contributed by atoms with Crippen molar-refractivity contribution in [2.24, 2.45) is 5.92 Å². The van der Waals surface area contributed by atoms with E-state index < -0.39 is 0 Å². The average molecular weight is 109 g/mol. The first kappa shape index (κ1) is 5.87. The molecule has 1 radical (unpaired) electrons. The van der Waals surface area contributed by atoms with Crippen LogP contribution in [0.5, 0.6) is 0 Å². The van der Waals surface area contributed by atoms with Crippen LogP contribution in [0.1, 0.15) is 26.2 Å². The SMILES string of the molecule is [CH2]C1CC=C(C)CC1. The average Bonchev–Trinajstić information content (AvgIpc) is 1.77. The second-order valence-corrected chi connectivity index (χ2v) is 2.69. The van der Waals surface area contributed by atoms with Gasteiger partial charge in [-0.1, -0.05) is 11.6 Å². The van der Waals surface area contributed by atoms with Crippen molar-refractivity contribution in [3.05, 3.63) is 18.6 Å². The smallest absolute Gasteiger partial charge is 0.0320 e. The molecule has 1 aliphatic rings. The molecule has 0 aromatic rings. The van der Waals surface area contributed by atoms with Crippen LogP contribution in [0.4, 0.5) is 0 Å². The van der Waals surface area contributed by atoms with Crippen molar-refractivity contribution < 1.29 is 0 Å². The van der Waals surface area contributed by atoms with E-state index in [1.54, 1.807) is 5.57 Å². The Bertz CT molecular complexity index is 101. The summed E-state index contributed by atoms with van der Waals surface area (Å²) in [5.41, 5.74) is 1.55.